The van der Waals surface area contributed by atoms with E-state index in [0.29, 0.717) is 12.5 Å². The standard InChI is InChI=1S/C23H32N6O/c1-2-24-23(25-16-18-7-5-10-21(15-18)29-13-6-12-26-29)27-20-11-14-28(17-20)22(30)19-8-3-4-9-19/h5-7,10,12-13,15,19-20H,2-4,8-9,11,14,16-17H2,1H3,(H2,24,25,27). The molecule has 1 amide bonds. The summed E-state index contributed by atoms with van der Waals surface area (Å²) in [4.78, 5) is 19.5. The first kappa shape index (κ1) is 20.4. The molecule has 2 fully saturated rings. The van der Waals surface area contributed by atoms with Gasteiger partial charge in [-0.2, -0.15) is 5.10 Å². The van der Waals surface area contributed by atoms with E-state index in [4.69, 9.17) is 4.99 Å². The van der Waals surface area contributed by atoms with Gasteiger partial charge in [-0.3, -0.25) is 4.79 Å². The number of hydrogen-bond acceptors (Lipinski definition) is 3. The van der Waals surface area contributed by atoms with Gasteiger partial charge in [0.15, 0.2) is 5.96 Å². The van der Waals surface area contributed by atoms with Gasteiger partial charge in [0.2, 0.25) is 5.91 Å². The minimum atomic E-state index is 0.253. The highest BCUT2D eigenvalue weighted by Crippen LogP contribution is 2.27. The van der Waals surface area contributed by atoms with Gasteiger partial charge in [0, 0.05) is 44.0 Å². The molecule has 1 saturated carbocycles. The summed E-state index contributed by atoms with van der Waals surface area (Å²) in [7, 11) is 0. The molecule has 2 heterocycles. The third kappa shape index (κ3) is 5.01. The van der Waals surface area contributed by atoms with Crippen molar-refractivity contribution in [2.75, 3.05) is 19.6 Å². The summed E-state index contributed by atoms with van der Waals surface area (Å²) in [5, 5.41) is 11.2. The zero-order valence-corrected chi connectivity index (χ0v) is 17.8. The fraction of sp³-hybridized carbons (Fsp3) is 0.522. The van der Waals surface area contributed by atoms with E-state index in [1.54, 1.807) is 6.20 Å². The molecule has 1 aromatic heterocycles. The second-order valence-corrected chi connectivity index (χ2v) is 8.21. The number of amides is 1. The van der Waals surface area contributed by atoms with E-state index in [2.05, 4.69) is 34.8 Å². The largest absolute Gasteiger partial charge is 0.357 e. The van der Waals surface area contributed by atoms with Crippen molar-refractivity contribution in [1.82, 2.24) is 25.3 Å². The summed E-state index contributed by atoms with van der Waals surface area (Å²) in [6.45, 7) is 5.07. The van der Waals surface area contributed by atoms with E-state index in [1.165, 1.54) is 12.8 Å². The van der Waals surface area contributed by atoms with E-state index in [9.17, 15) is 4.79 Å². The number of carbonyl (C=O) groups excluding carboxylic acids is 1. The molecule has 7 heteroatoms. The summed E-state index contributed by atoms with van der Waals surface area (Å²) in [6, 6.07) is 10.4. The van der Waals surface area contributed by atoms with Crippen LogP contribution in [0.5, 0.6) is 0 Å². The van der Waals surface area contributed by atoms with Crippen LogP contribution in [-0.4, -0.2) is 52.2 Å². The highest BCUT2D eigenvalue weighted by molar-refractivity contribution is 5.81. The van der Waals surface area contributed by atoms with Crippen LogP contribution in [0.25, 0.3) is 5.69 Å². The molecule has 4 rings (SSSR count). The number of hydrogen-bond donors (Lipinski definition) is 2. The van der Waals surface area contributed by atoms with Crippen molar-refractivity contribution >= 4 is 11.9 Å². The van der Waals surface area contributed by atoms with Gasteiger partial charge >= 0.3 is 0 Å². The normalized spacial score (nSPS) is 20.0. The Morgan fingerprint density at radius 2 is 2.10 bits per heavy atom. The number of nitrogens with zero attached hydrogens (tertiary/aromatic N) is 4. The van der Waals surface area contributed by atoms with Crippen molar-refractivity contribution in [3.8, 4) is 5.69 Å². The molecular formula is C23H32N6O. The summed E-state index contributed by atoms with van der Waals surface area (Å²) in [6.07, 6.45) is 9.21. The van der Waals surface area contributed by atoms with E-state index in [0.717, 1.165) is 56.1 Å². The lowest BCUT2D eigenvalue weighted by molar-refractivity contribution is -0.134. The Labute approximate surface area is 178 Å². The molecule has 1 aromatic carbocycles. The van der Waals surface area contributed by atoms with Crippen LogP contribution >= 0.6 is 0 Å². The van der Waals surface area contributed by atoms with Crippen molar-refractivity contribution in [2.24, 2.45) is 10.9 Å². The lowest BCUT2D eigenvalue weighted by Crippen LogP contribution is -2.45. The van der Waals surface area contributed by atoms with Crippen LogP contribution in [0.15, 0.2) is 47.7 Å². The van der Waals surface area contributed by atoms with Crippen molar-refractivity contribution in [3.63, 3.8) is 0 Å². The van der Waals surface area contributed by atoms with Gasteiger partial charge in [-0.05, 0) is 49.9 Å². The number of benzene rings is 1. The Bertz CT molecular complexity index is 856. The zero-order chi connectivity index (χ0) is 20.8. The van der Waals surface area contributed by atoms with Crippen LogP contribution in [-0.2, 0) is 11.3 Å². The molecule has 0 bridgehead atoms. The summed E-state index contributed by atoms with van der Waals surface area (Å²) in [5.41, 5.74) is 2.16. The maximum absolute atomic E-state index is 12.7. The zero-order valence-electron chi connectivity index (χ0n) is 17.8. The topological polar surface area (TPSA) is 74.6 Å². The van der Waals surface area contributed by atoms with E-state index in [1.807, 2.05) is 34.0 Å². The molecule has 1 atom stereocenters. The summed E-state index contributed by atoms with van der Waals surface area (Å²) >= 11 is 0. The fourth-order valence-electron chi connectivity index (χ4n) is 4.41. The highest BCUT2D eigenvalue weighted by Gasteiger charge is 2.32. The van der Waals surface area contributed by atoms with Crippen LogP contribution in [0.4, 0.5) is 0 Å². The van der Waals surface area contributed by atoms with Crippen LogP contribution < -0.4 is 10.6 Å². The van der Waals surface area contributed by atoms with Gasteiger partial charge in [0.25, 0.3) is 0 Å². The molecule has 0 spiro atoms. The van der Waals surface area contributed by atoms with Gasteiger partial charge in [-0.1, -0.05) is 25.0 Å². The first-order valence-electron chi connectivity index (χ1n) is 11.2. The molecule has 1 unspecified atom stereocenters. The van der Waals surface area contributed by atoms with Crippen molar-refractivity contribution in [1.29, 1.82) is 0 Å². The number of aliphatic imine (C=N–C) groups is 1. The first-order chi connectivity index (χ1) is 14.7. The van der Waals surface area contributed by atoms with E-state index in [-0.39, 0.29) is 12.0 Å². The molecule has 30 heavy (non-hydrogen) atoms. The Balaban J connectivity index is 1.35. The molecule has 1 aliphatic carbocycles. The average molecular weight is 409 g/mol. The maximum atomic E-state index is 12.7. The predicted octanol–water partition coefficient (Wildman–Crippen LogP) is 2.72. The molecule has 160 valence electrons. The number of likely N-dealkylation sites (tertiary alicyclic amines) is 1. The smallest absolute Gasteiger partial charge is 0.225 e. The van der Waals surface area contributed by atoms with Crippen LogP contribution in [0.1, 0.15) is 44.6 Å². The van der Waals surface area contributed by atoms with Crippen LogP contribution in [0, 0.1) is 5.92 Å². The molecular weight excluding hydrogens is 376 g/mol. The predicted molar refractivity (Wildman–Crippen MR) is 118 cm³/mol. The number of carbonyl (C=O) groups is 1. The number of guanidine groups is 1. The second-order valence-electron chi connectivity index (χ2n) is 8.21. The second kappa shape index (κ2) is 9.78. The minimum Gasteiger partial charge on any atom is -0.357 e. The fourth-order valence-corrected chi connectivity index (χ4v) is 4.41. The Hall–Kier alpha value is -2.83. The average Bonchev–Trinajstić information content (AvgIpc) is 3.55. The van der Waals surface area contributed by atoms with Gasteiger partial charge in [0.1, 0.15) is 0 Å². The maximum Gasteiger partial charge on any atom is 0.225 e. The molecule has 1 aliphatic heterocycles. The third-order valence-electron chi connectivity index (χ3n) is 5.99. The third-order valence-corrected chi connectivity index (χ3v) is 5.99. The molecule has 7 nitrogen and oxygen atoms in total. The first-order valence-corrected chi connectivity index (χ1v) is 11.2. The highest BCUT2D eigenvalue weighted by atomic mass is 16.2. The van der Waals surface area contributed by atoms with E-state index >= 15 is 0 Å². The van der Waals surface area contributed by atoms with E-state index < -0.39 is 0 Å². The van der Waals surface area contributed by atoms with Crippen molar-refractivity contribution in [3.05, 3.63) is 48.3 Å². The molecule has 2 aliphatic rings. The molecule has 0 radical (unpaired) electrons. The van der Waals surface area contributed by atoms with Crippen molar-refractivity contribution in [2.45, 2.75) is 51.6 Å². The van der Waals surface area contributed by atoms with Gasteiger partial charge in [0.05, 0.1) is 12.2 Å². The lowest BCUT2D eigenvalue weighted by atomic mass is 10.1. The summed E-state index contributed by atoms with van der Waals surface area (Å²) < 4.78 is 1.85. The van der Waals surface area contributed by atoms with Crippen LogP contribution in [0.3, 0.4) is 0 Å². The Kier molecular flexibility index (Phi) is 6.67. The molecule has 2 N–H and O–H groups in total. The van der Waals surface area contributed by atoms with Gasteiger partial charge < -0.3 is 15.5 Å². The monoisotopic (exact) mass is 408 g/mol. The summed E-state index contributed by atoms with van der Waals surface area (Å²) in [5.74, 6) is 1.42. The Morgan fingerprint density at radius 3 is 2.87 bits per heavy atom. The SMILES string of the molecule is CCNC(=NCc1cccc(-n2cccn2)c1)NC1CCN(C(=O)C2CCCC2)C1. The lowest BCUT2D eigenvalue weighted by Gasteiger charge is -2.21. The van der Waals surface area contributed by atoms with Crippen molar-refractivity contribution < 1.29 is 4.79 Å². The van der Waals surface area contributed by atoms with Gasteiger partial charge in [-0.15, -0.1) is 0 Å². The minimum absolute atomic E-state index is 0.253. The quantitative estimate of drug-likeness (QED) is 0.569. The number of aromatic nitrogens is 2. The van der Waals surface area contributed by atoms with Gasteiger partial charge in [-0.25, -0.2) is 9.67 Å². The molecule has 1 saturated heterocycles. The number of rotatable bonds is 6. The molecule has 2 aromatic rings. The van der Waals surface area contributed by atoms with Crippen LogP contribution in [0.2, 0.25) is 0 Å². The Morgan fingerprint density at radius 1 is 1.23 bits per heavy atom. The number of nitrogens with one attached hydrogen (secondary N) is 2.